The number of amides is 2. The largest absolute Gasteiger partial charge is 0.334 e. The molecule has 0 aliphatic carbocycles. The molecule has 2 amide bonds. The average Bonchev–Trinajstić information content (AvgIpc) is 2.83. The lowest BCUT2D eigenvalue weighted by Crippen LogP contribution is -2.51. The molecule has 1 aliphatic heterocycles. The number of piperazine rings is 1. The van der Waals surface area contributed by atoms with Crippen molar-refractivity contribution >= 4 is 27.0 Å². The second-order valence-corrected chi connectivity index (χ2v) is 10.5. The van der Waals surface area contributed by atoms with Crippen LogP contribution in [0.25, 0.3) is 10.9 Å². The fourth-order valence-electron chi connectivity index (χ4n) is 3.91. The number of urea groups is 1. The molecule has 4 rings (SSSR count). The Labute approximate surface area is 198 Å². The molecule has 2 N–H and O–H groups in total. The van der Waals surface area contributed by atoms with E-state index in [2.05, 4.69) is 20.2 Å². The Bertz CT molecular complexity index is 1350. The highest BCUT2D eigenvalue weighted by Gasteiger charge is 2.24. The number of para-hydroxylation sites is 1. The summed E-state index contributed by atoms with van der Waals surface area (Å²) in [6.45, 7) is 2.91. The maximum Gasteiger partial charge on any atom is 0.317 e. The first-order valence-electron chi connectivity index (χ1n) is 11.0. The number of aromatic nitrogens is 2. The van der Waals surface area contributed by atoms with Crippen molar-refractivity contribution in [2.45, 2.75) is 18.0 Å². The number of hydrogen-bond acceptors (Lipinski definition) is 6. The second-order valence-electron chi connectivity index (χ2n) is 8.35. The Hall–Kier alpha value is -3.28. The lowest BCUT2D eigenvalue weighted by Gasteiger charge is -2.34. The molecule has 34 heavy (non-hydrogen) atoms. The molecular formula is C23H28N6O4S. The molecular weight excluding hydrogens is 456 g/mol. The molecule has 0 radical (unpaired) electrons. The molecule has 1 saturated heterocycles. The van der Waals surface area contributed by atoms with E-state index in [1.807, 2.05) is 18.2 Å². The zero-order chi connectivity index (χ0) is 24.3. The van der Waals surface area contributed by atoms with Crippen molar-refractivity contribution < 1.29 is 13.2 Å². The van der Waals surface area contributed by atoms with Crippen LogP contribution in [0.15, 0.2) is 58.2 Å². The second kappa shape index (κ2) is 9.92. The lowest BCUT2D eigenvalue weighted by molar-refractivity contribution is 0.133. The third-order valence-corrected chi connectivity index (χ3v) is 7.77. The number of nitrogens with one attached hydrogen (secondary N) is 2. The first-order chi connectivity index (χ1) is 16.3. The molecule has 1 aliphatic rings. The molecule has 0 saturated carbocycles. The maximum atomic E-state index is 12.7. The molecule has 0 bridgehead atoms. The number of benzene rings is 2. The lowest BCUT2D eigenvalue weighted by atomic mass is 10.2. The Balaban J connectivity index is 1.33. The molecule has 180 valence electrons. The predicted octanol–water partition coefficient (Wildman–Crippen LogP) is 1.20. The first kappa shape index (κ1) is 23.9. The fraction of sp³-hybridized carbons (Fsp3) is 0.348. The molecule has 1 fully saturated rings. The zero-order valence-electron chi connectivity index (χ0n) is 19.2. The summed E-state index contributed by atoms with van der Waals surface area (Å²) in [5, 5.41) is 3.40. The van der Waals surface area contributed by atoms with E-state index in [0.29, 0.717) is 55.0 Å². The van der Waals surface area contributed by atoms with Crippen molar-refractivity contribution in [2.75, 3.05) is 40.3 Å². The minimum Gasteiger partial charge on any atom is -0.334 e. The molecule has 0 unspecified atom stereocenters. The Morgan fingerprint density at radius 1 is 1.06 bits per heavy atom. The van der Waals surface area contributed by atoms with E-state index in [9.17, 15) is 18.0 Å². The van der Waals surface area contributed by atoms with Crippen LogP contribution >= 0.6 is 0 Å². The van der Waals surface area contributed by atoms with Crippen LogP contribution in [0.4, 0.5) is 4.79 Å². The van der Waals surface area contributed by atoms with Crippen LogP contribution in [0.3, 0.4) is 0 Å². The van der Waals surface area contributed by atoms with E-state index in [1.165, 1.54) is 14.1 Å². The summed E-state index contributed by atoms with van der Waals surface area (Å²) in [5.41, 5.74) is 1.04. The van der Waals surface area contributed by atoms with E-state index in [1.54, 1.807) is 35.2 Å². The standard InChI is InChI=1S/C23H28N6O4S/c1-27(2)34(32,33)20-10-6-3-7-17(20)15-24-23(31)29-13-11-28(12-14-29)16-21-25-19-9-5-4-8-18(19)22(30)26-21/h3-10H,11-16H2,1-2H3,(H,24,31)(H,25,26,30). The molecule has 11 heteroatoms. The summed E-state index contributed by atoms with van der Waals surface area (Å²) in [6, 6.07) is 13.6. The molecule has 2 aromatic carbocycles. The number of nitrogens with zero attached hydrogens (tertiary/aromatic N) is 4. The Morgan fingerprint density at radius 3 is 2.47 bits per heavy atom. The van der Waals surface area contributed by atoms with Crippen molar-refractivity contribution in [3.63, 3.8) is 0 Å². The van der Waals surface area contributed by atoms with E-state index in [4.69, 9.17) is 0 Å². The van der Waals surface area contributed by atoms with Gasteiger partial charge < -0.3 is 15.2 Å². The first-order valence-corrected chi connectivity index (χ1v) is 12.4. The van der Waals surface area contributed by atoms with E-state index < -0.39 is 10.0 Å². The van der Waals surface area contributed by atoms with Gasteiger partial charge in [0.15, 0.2) is 0 Å². The van der Waals surface area contributed by atoms with Gasteiger partial charge in [-0.05, 0) is 23.8 Å². The van der Waals surface area contributed by atoms with E-state index >= 15 is 0 Å². The van der Waals surface area contributed by atoms with Gasteiger partial charge in [0.25, 0.3) is 5.56 Å². The van der Waals surface area contributed by atoms with Gasteiger partial charge in [0.2, 0.25) is 10.0 Å². The minimum absolute atomic E-state index is 0.116. The third-order valence-electron chi connectivity index (χ3n) is 5.86. The van der Waals surface area contributed by atoms with Crippen LogP contribution in [-0.2, 0) is 23.1 Å². The summed E-state index contributed by atoms with van der Waals surface area (Å²) >= 11 is 0. The number of sulfonamides is 1. The molecule has 0 atom stereocenters. The van der Waals surface area contributed by atoms with Gasteiger partial charge in [-0.2, -0.15) is 0 Å². The average molecular weight is 485 g/mol. The van der Waals surface area contributed by atoms with Crippen LogP contribution in [-0.4, -0.2) is 78.8 Å². The normalized spacial score (nSPS) is 15.1. The van der Waals surface area contributed by atoms with Gasteiger partial charge in [0.1, 0.15) is 5.82 Å². The van der Waals surface area contributed by atoms with Gasteiger partial charge in [-0.1, -0.05) is 30.3 Å². The molecule has 1 aromatic heterocycles. The van der Waals surface area contributed by atoms with Crippen molar-refractivity contribution in [3.8, 4) is 0 Å². The van der Waals surface area contributed by atoms with Crippen molar-refractivity contribution in [1.29, 1.82) is 0 Å². The number of H-pyrrole nitrogens is 1. The number of fused-ring (bicyclic) bond motifs is 1. The highest BCUT2D eigenvalue weighted by molar-refractivity contribution is 7.89. The minimum atomic E-state index is -3.60. The monoisotopic (exact) mass is 484 g/mol. The highest BCUT2D eigenvalue weighted by atomic mass is 32.2. The maximum absolute atomic E-state index is 12.7. The van der Waals surface area contributed by atoms with Gasteiger partial charge in [-0.15, -0.1) is 0 Å². The van der Waals surface area contributed by atoms with Gasteiger partial charge in [0, 0.05) is 46.8 Å². The van der Waals surface area contributed by atoms with Gasteiger partial charge in [-0.3, -0.25) is 9.69 Å². The van der Waals surface area contributed by atoms with E-state index in [-0.39, 0.29) is 23.0 Å². The van der Waals surface area contributed by atoms with Crippen LogP contribution in [0.5, 0.6) is 0 Å². The summed E-state index contributed by atoms with van der Waals surface area (Å²) in [5.74, 6) is 0.598. The Kier molecular flexibility index (Phi) is 6.96. The van der Waals surface area contributed by atoms with Crippen LogP contribution in [0, 0.1) is 0 Å². The summed E-state index contributed by atoms with van der Waals surface area (Å²) in [7, 11) is -0.645. The number of aromatic amines is 1. The third kappa shape index (κ3) is 5.11. The summed E-state index contributed by atoms with van der Waals surface area (Å²) in [6.07, 6.45) is 0. The predicted molar refractivity (Wildman–Crippen MR) is 129 cm³/mol. The summed E-state index contributed by atoms with van der Waals surface area (Å²) in [4.78, 5) is 36.4. The molecule has 3 aromatic rings. The molecule has 2 heterocycles. The van der Waals surface area contributed by atoms with E-state index in [0.717, 1.165) is 4.31 Å². The van der Waals surface area contributed by atoms with Crippen molar-refractivity contribution in [1.82, 2.24) is 29.4 Å². The Morgan fingerprint density at radius 2 is 1.74 bits per heavy atom. The SMILES string of the molecule is CN(C)S(=O)(=O)c1ccccc1CNC(=O)N1CCN(Cc2nc3ccccc3c(=O)[nH]2)CC1. The highest BCUT2D eigenvalue weighted by Crippen LogP contribution is 2.18. The number of carbonyl (C=O) groups is 1. The number of hydrogen-bond donors (Lipinski definition) is 2. The smallest absolute Gasteiger partial charge is 0.317 e. The summed E-state index contributed by atoms with van der Waals surface area (Å²) < 4.78 is 26.3. The topological polar surface area (TPSA) is 119 Å². The molecule has 0 spiro atoms. The number of carbonyl (C=O) groups excluding carboxylic acids is 1. The van der Waals surface area contributed by atoms with Gasteiger partial charge >= 0.3 is 6.03 Å². The van der Waals surface area contributed by atoms with Crippen LogP contribution in [0.2, 0.25) is 0 Å². The zero-order valence-corrected chi connectivity index (χ0v) is 20.0. The molecule has 10 nitrogen and oxygen atoms in total. The van der Waals surface area contributed by atoms with Crippen LogP contribution < -0.4 is 10.9 Å². The van der Waals surface area contributed by atoms with Gasteiger partial charge in [-0.25, -0.2) is 22.5 Å². The van der Waals surface area contributed by atoms with Gasteiger partial charge in [0.05, 0.1) is 22.3 Å². The van der Waals surface area contributed by atoms with Crippen LogP contribution in [0.1, 0.15) is 11.4 Å². The van der Waals surface area contributed by atoms with Crippen molar-refractivity contribution in [2.24, 2.45) is 0 Å². The van der Waals surface area contributed by atoms with Crippen molar-refractivity contribution in [3.05, 3.63) is 70.3 Å². The fourth-order valence-corrected chi connectivity index (χ4v) is 5.03. The number of rotatable bonds is 6. The quantitative estimate of drug-likeness (QED) is 0.543.